The van der Waals surface area contributed by atoms with Gasteiger partial charge >= 0.3 is 0 Å². The topological polar surface area (TPSA) is 25.2 Å². The molecule has 0 aromatic carbocycles. The van der Waals surface area contributed by atoms with Gasteiger partial charge in [-0.1, -0.05) is 71.6 Å². The second-order valence-corrected chi connectivity index (χ2v) is 6.12. The van der Waals surface area contributed by atoms with Crippen molar-refractivity contribution in [1.82, 2.24) is 5.32 Å². The lowest BCUT2D eigenvalue weighted by molar-refractivity contribution is 0.385. The number of furan rings is 1. The molecule has 2 nitrogen and oxygen atoms in total. The SMILES string of the molecule is CCCCCCCCCCCC(NC)c1ccc(CC)o1. The molecule has 1 aromatic rings. The number of hydrogen-bond acceptors (Lipinski definition) is 2. The minimum Gasteiger partial charge on any atom is -0.464 e. The maximum atomic E-state index is 5.86. The Morgan fingerprint density at radius 2 is 1.52 bits per heavy atom. The average Bonchev–Trinajstić information content (AvgIpc) is 2.98. The fraction of sp³-hybridized carbons (Fsp3) is 0.789. The summed E-state index contributed by atoms with van der Waals surface area (Å²) in [5.74, 6) is 2.20. The third-order valence-corrected chi connectivity index (χ3v) is 4.32. The molecule has 21 heavy (non-hydrogen) atoms. The van der Waals surface area contributed by atoms with Gasteiger partial charge in [0.25, 0.3) is 0 Å². The third-order valence-electron chi connectivity index (χ3n) is 4.32. The zero-order valence-corrected chi connectivity index (χ0v) is 14.4. The maximum absolute atomic E-state index is 5.86. The number of nitrogens with one attached hydrogen (secondary N) is 1. The molecule has 2 heteroatoms. The Hall–Kier alpha value is -0.760. The molecule has 1 heterocycles. The molecular weight excluding hydrogens is 258 g/mol. The first-order valence-electron chi connectivity index (χ1n) is 9.07. The minimum atomic E-state index is 0.384. The first-order chi connectivity index (χ1) is 10.3. The van der Waals surface area contributed by atoms with Crippen molar-refractivity contribution < 1.29 is 4.42 Å². The van der Waals surface area contributed by atoms with Crippen molar-refractivity contribution in [2.75, 3.05) is 7.05 Å². The fourth-order valence-corrected chi connectivity index (χ4v) is 2.86. The van der Waals surface area contributed by atoms with Crippen molar-refractivity contribution >= 4 is 0 Å². The molecule has 0 bridgehead atoms. The van der Waals surface area contributed by atoms with E-state index < -0.39 is 0 Å². The van der Waals surface area contributed by atoms with E-state index in [2.05, 4.69) is 31.3 Å². The van der Waals surface area contributed by atoms with Crippen LogP contribution in [0.3, 0.4) is 0 Å². The van der Waals surface area contributed by atoms with Gasteiger partial charge in [-0.25, -0.2) is 0 Å². The summed E-state index contributed by atoms with van der Waals surface area (Å²) in [6.07, 6.45) is 14.6. The number of hydrogen-bond donors (Lipinski definition) is 1. The standard InChI is InChI=1S/C19H35NO/c1-4-6-7-8-9-10-11-12-13-14-18(20-3)19-16-15-17(5-2)21-19/h15-16,18,20H,4-14H2,1-3H3. The van der Waals surface area contributed by atoms with E-state index in [-0.39, 0.29) is 0 Å². The summed E-state index contributed by atoms with van der Waals surface area (Å²) in [6.45, 7) is 4.41. The maximum Gasteiger partial charge on any atom is 0.121 e. The average molecular weight is 293 g/mol. The highest BCUT2D eigenvalue weighted by atomic mass is 16.3. The molecule has 0 saturated heterocycles. The molecule has 1 atom stereocenters. The van der Waals surface area contributed by atoms with E-state index in [9.17, 15) is 0 Å². The molecular formula is C19H35NO. The third kappa shape index (κ3) is 7.71. The Labute approximate surface area is 131 Å². The summed E-state index contributed by atoms with van der Waals surface area (Å²) < 4.78 is 5.86. The van der Waals surface area contributed by atoms with E-state index in [0.717, 1.165) is 17.9 Å². The van der Waals surface area contributed by atoms with Crippen LogP contribution >= 0.6 is 0 Å². The number of rotatable bonds is 13. The van der Waals surface area contributed by atoms with Crippen LogP contribution in [0.1, 0.15) is 95.6 Å². The van der Waals surface area contributed by atoms with Gasteiger partial charge in [-0.05, 0) is 25.6 Å². The van der Waals surface area contributed by atoms with Crippen LogP contribution in [-0.2, 0) is 6.42 Å². The Morgan fingerprint density at radius 1 is 0.905 bits per heavy atom. The van der Waals surface area contributed by atoms with Gasteiger partial charge in [0.05, 0.1) is 6.04 Å². The molecule has 0 aliphatic rings. The molecule has 1 rings (SSSR count). The molecule has 0 aliphatic carbocycles. The first kappa shape index (κ1) is 18.3. The number of aryl methyl sites for hydroxylation is 1. The monoisotopic (exact) mass is 293 g/mol. The van der Waals surface area contributed by atoms with Crippen molar-refractivity contribution in [3.8, 4) is 0 Å². The lowest BCUT2D eigenvalue weighted by Crippen LogP contribution is -2.15. The summed E-state index contributed by atoms with van der Waals surface area (Å²) in [4.78, 5) is 0. The van der Waals surface area contributed by atoms with Crippen molar-refractivity contribution in [1.29, 1.82) is 0 Å². The van der Waals surface area contributed by atoms with Crippen molar-refractivity contribution in [2.45, 2.75) is 90.5 Å². The van der Waals surface area contributed by atoms with Gasteiger partial charge in [0.15, 0.2) is 0 Å². The van der Waals surface area contributed by atoms with Crippen LogP contribution in [-0.4, -0.2) is 7.05 Å². The van der Waals surface area contributed by atoms with Gasteiger partial charge in [0, 0.05) is 6.42 Å². The van der Waals surface area contributed by atoms with E-state index in [4.69, 9.17) is 4.42 Å². The Bertz CT molecular complexity index is 345. The molecule has 1 aromatic heterocycles. The zero-order valence-electron chi connectivity index (χ0n) is 14.4. The first-order valence-corrected chi connectivity index (χ1v) is 9.07. The van der Waals surface area contributed by atoms with Gasteiger partial charge in [-0.3, -0.25) is 0 Å². The lowest BCUT2D eigenvalue weighted by Gasteiger charge is -2.13. The van der Waals surface area contributed by atoms with Crippen molar-refractivity contribution in [2.24, 2.45) is 0 Å². The molecule has 1 N–H and O–H groups in total. The minimum absolute atomic E-state index is 0.384. The van der Waals surface area contributed by atoms with Gasteiger partial charge in [0.2, 0.25) is 0 Å². The predicted octanol–water partition coefficient (Wildman–Crippen LogP) is 6.02. The highest BCUT2D eigenvalue weighted by molar-refractivity contribution is 5.10. The van der Waals surface area contributed by atoms with Crippen LogP contribution in [0, 0.1) is 0 Å². The molecule has 0 fully saturated rings. The zero-order chi connectivity index (χ0) is 15.3. The molecule has 0 radical (unpaired) electrons. The van der Waals surface area contributed by atoms with Crippen molar-refractivity contribution in [3.63, 3.8) is 0 Å². The van der Waals surface area contributed by atoms with E-state index >= 15 is 0 Å². The summed E-state index contributed by atoms with van der Waals surface area (Å²) in [7, 11) is 2.03. The van der Waals surface area contributed by atoms with Gasteiger partial charge < -0.3 is 9.73 Å². The van der Waals surface area contributed by atoms with Crippen molar-refractivity contribution in [3.05, 3.63) is 23.7 Å². The van der Waals surface area contributed by atoms with Crippen LogP contribution in [0.15, 0.2) is 16.5 Å². The van der Waals surface area contributed by atoms with E-state index in [1.807, 2.05) is 7.05 Å². The molecule has 0 saturated carbocycles. The second kappa shape index (κ2) is 11.9. The van der Waals surface area contributed by atoms with Gasteiger partial charge in [0.1, 0.15) is 11.5 Å². The Morgan fingerprint density at radius 3 is 2.05 bits per heavy atom. The van der Waals surface area contributed by atoms with Gasteiger partial charge in [-0.2, -0.15) is 0 Å². The molecule has 0 amide bonds. The van der Waals surface area contributed by atoms with Crippen LogP contribution in [0.4, 0.5) is 0 Å². The molecule has 0 spiro atoms. The smallest absolute Gasteiger partial charge is 0.121 e. The second-order valence-electron chi connectivity index (χ2n) is 6.12. The quantitative estimate of drug-likeness (QED) is 0.450. The normalized spacial score (nSPS) is 12.7. The lowest BCUT2D eigenvalue weighted by atomic mass is 10.0. The van der Waals surface area contributed by atoms with Crippen LogP contribution in [0.25, 0.3) is 0 Å². The fourth-order valence-electron chi connectivity index (χ4n) is 2.86. The highest BCUT2D eigenvalue weighted by Crippen LogP contribution is 2.22. The predicted molar refractivity (Wildman–Crippen MR) is 91.7 cm³/mol. The molecule has 1 unspecified atom stereocenters. The summed E-state index contributed by atoms with van der Waals surface area (Å²) in [5.41, 5.74) is 0. The highest BCUT2D eigenvalue weighted by Gasteiger charge is 2.12. The van der Waals surface area contributed by atoms with E-state index in [1.165, 1.54) is 64.2 Å². The summed E-state index contributed by atoms with van der Waals surface area (Å²) in [6, 6.07) is 4.62. The van der Waals surface area contributed by atoms with Gasteiger partial charge in [-0.15, -0.1) is 0 Å². The van der Waals surface area contributed by atoms with Crippen LogP contribution in [0.2, 0.25) is 0 Å². The largest absolute Gasteiger partial charge is 0.464 e. The van der Waals surface area contributed by atoms with E-state index in [0.29, 0.717) is 6.04 Å². The molecule has 0 aliphatic heterocycles. The summed E-state index contributed by atoms with van der Waals surface area (Å²) >= 11 is 0. The number of unbranched alkanes of at least 4 members (excludes halogenated alkanes) is 8. The molecule has 122 valence electrons. The van der Waals surface area contributed by atoms with E-state index in [1.54, 1.807) is 0 Å². The Kier molecular flexibility index (Phi) is 10.3. The Balaban J connectivity index is 2.07. The summed E-state index contributed by atoms with van der Waals surface area (Å²) in [5, 5.41) is 3.39. The van der Waals surface area contributed by atoms with Crippen LogP contribution < -0.4 is 5.32 Å². The van der Waals surface area contributed by atoms with Crippen LogP contribution in [0.5, 0.6) is 0 Å².